The van der Waals surface area contributed by atoms with Gasteiger partial charge in [0.15, 0.2) is 0 Å². The van der Waals surface area contributed by atoms with E-state index in [4.69, 9.17) is 0 Å². The van der Waals surface area contributed by atoms with Gasteiger partial charge in [-0.05, 0) is 81.4 Å². The Morgan fingerprint density at radius 2 is 1.96 bits per heavy atom. The fraction of sp³-hybridized carbons (Fsp3) is 0.524. The monoisotopic (exact) mass is 353 g/mol. The quantitative estimate of drug-likeness (QED) is 0.888. The van der Waals surface area contributed by atoms with E-state index in [1.807, 2.05) is 19.1 Å². The molecule has 1 aromatic carbocycles. The van der Waals surface area contributed by atoms with Crippen LogP contribution in [-0.4, -0.2) is 45.4 Å². The zero-order chi connectivity index (χ0) is 18.3. The minimum Gasteiger partial charge on any atom is -0.507 e. The molecule has 2 aromatic rings. The zero-order valence-corrected chi connectivity index (χ0v) is 15.6. The Bertz CT molecular complexity index is 821. The van der Waals surface area contributed by atoms with Crippen LogP contribution in [0, 0.1) is 12.8 Å². The largest absolute Gasteiger partial charge is 0.507 e. The van der Waals surface area contributed by atoms with Crippen molar-refractivity contribution in [3.05, 3.63) is 40.6 Å². The molecule has 1 aromatic heterocycles. The molecule has 2 N–H and O–H groups in total. The number of hydrogen-bond acceptors (Lipinski definition) is 5. The molecule has 5 heteroatoms. The van der Waals surface area contributed by atoms with E-state index in [0.29, 0.717) is 0 Å². The number of aromatic nitrogens is 2. The lowest BCUT2D eigenvalue weighted by Crippen LogP contribution is -2.35. The Balaban J connectivity index is 1.72. The summed E-state index contributed by atoms with van der Waals surface area (Å²) < 4.78 is 0. The number of aromatic hydroxyl groups is 1. The van der Waals surface area contributed by atoms with Gasteiger partial charge in [0.1, 0.15) is 17.5 Å². The van der Waals surface area contributed by atoms with Gasteiger partial charge < -0.3 is 15.1 Å². The number of aliphatic hydroxyl groups is 1. The molecule has 4 rings (SSSR count). The van der Waals surface area contributed by atoms with Crippen LogP contribution < -0.4 is 0 Å². The van der Waals surface area contributed by atoms with Crippen LogP contribution in [0.15, 0.2) is 18.2 Å². The number of fused-ring (bicyclic) bond motifs is 1. The first-order valence-electron chi connectivity index (χ1n) is 9.59. The van der Waals surface area contributed by atoms with Gasteiger partial charge in [0.2, 0.25) is 0 Å². The molecule has 1 aliphatic carbocycles. The van der Waals surface area contributed by atoms with Crippen LogP contribution in [0.5, 0.6) is 5.75 Å². The Morgan fingerprint density at radius 3 is 2.73 bits per heavy atom. The maximum Gasteiger partial charge on any atom is 0.125 e. The second-order valence-electron chi connectivity index (χ2n) is 7.87. The van der Waals surface area contributed by atoms with Crippen molar-refractivity contribution in [1.82, 2.24) is 15.1 Å². The summed E-state index contributed by atoms with van der Waals surface area (Å²) in [4.78, 5) is 2.28. The average Bonchev–Trinajstić information content (AvgIpc) is 3.10. The number of rotatable bonds is 3. The summed E-state index contributed by atoms with van der Waals surface area (Å²) in [6.45, 7) is 3.96. The summed E-state index contributed by atoms with van der Waals surface area (Å²) in [6, 6.07) is 5.66. The van der Waals surface area contributed by atoms with E-state index in [0.717, 1.165) is 78.8 Å². The molecule has 0 bridgehead atoms. The smallest absolute Gasteiger partial charge is 0.125 e. The van der Waals surface area contributed by atoms with Crippen molar-refractivity contribution < 1.29 is 10.2 Å². The molecule has 1 fully saturated rings. The number of likely N-dealkylation sites (tertiary alicyclic amines) is 1. The number of nitrogens with zero attached hydrogens (tertiary/aromatic N) is 3. The Kier molecular flexibility index (Phi) is 4.67. The van der Waals surface area contributed by atoms with Crippen molar-refractivity contribution in [1.29, 1.82) is 0 Å². The molecule has 138 valence electrons. The van der Waals surface area contributed by atoms with Gasteiger partial charge >= 0.3 is 0 Å². The normalized spacial score (nSPS) is 21.6. The minimum atomic E-state index is -0.558. The van der Waals surface area contributed by atoms with Crippen molar-refractivity contribution in [3.63, 3.8) is 0 Å². The van der Waals surface area contributed by atoms with E-state index >= 15 is 0 Å². The lowest BCUT2D eigenvalue weighted by molar-refractivity contribution is 0.0550. The molecule has 2 atom stereocenters. The molecule has 0 saturated carbocycles. The van der Waals surface area contributed by atoms with Crippen molar-refractivity contribution in [3.8, 4) is 17.0 Å². The van der Waals surface area contributed by atoms with Crippen LogP contribution in [0.4, 0.5) is 0 Å². The Morgan fingerprint density at radius 1 is 1.15 bits per heavy atom. The Labute approximate surface area is 154 Å². The second kappa shape index (κ2) is 6.97. The van der Waals surface area contributed by atoms with E-state index in [-0.39, 0.29) is 11.7 Å². The molecule has 0 amide bonds. The number of phenols is 1. The van der Waals surface area contributed by atoms with Gasteiger partial charge in [0.05, 0.1) is 5.69 Å². The van der Waals surface area contributed by atoms with Crippen LogP contribution in [0.1, 0.15) is 47.8 Å². The fourth-order valence-corrected chi connectivity index (χ4v) is 4.50. The van der Waals surface area contributed by atoms with E-state index in [2.05, 4.69) is 22.1 Å². The maximum absolute atomic E-state index is 11.0. The SMILES string of the molecule is Cc1ccc(-c2nnc([C@@H](O)[C@H]3CCCN(C)C3)c3c2CCC3)c(O)c1. The maximum atomic E-state index is 11.0. The molecule has 0 radical (unpaired) electrons. The van der Waals surface area contributed by atoms with Gasteiger partial charge in [0.25, 0.3) is 0 Å². The van der Waals surface area contributed by atoms with E-state index < -0.39 is 6.10 Å². The highest BCUT2D eigenvalue weighted by molar-refractivity contribution is 5.71. The van der Waals surface area contributed by atoms with Gasteiger partial charge in [-0.25, -0.2) is 0 Å². The highest BCUT2D eigenvalue weighted by Crippen LogP contribution is 2.39. The molecule has 5 nitrogen and oxygen atoms in total. The second-order valence-corrected chi connectivity index (χ2v) is 7.87. The minimum absolute atomic E-state index is 0.214. The first-order valence-corrected chi connectivity index (χ1v) is 9.59. The fourth-order valence-electron chi connectivity index (χ4n) is 4.50. The van der Waals surface area contributed by atoms with Crippen molar-refractivity contribution in [2.24, 2.45) is 5.92 Å². The van der Waals surface area contributed by atoms with Gasteiger partial charge in [-0.2, -0.15) is 5.10 Å². The summed E-state index contributed by atoms with van der Waals surface area (Å²) in [7, 11) is 2.11. The molecule has 0 spiro atoms. The lowest BCUT2D eigenvalue weighted by Gasteiger charge is -2.33. The van der Waals surface area contributed by atoms with Crippen LogP contribution >= 0.6 is 0 Å². The van der Waals surface area contributed by atoms with Crippen LogP contribution in [0.25, 0.3) is 11.3 Å². The highest BCUT2D eigenvalue weighted by atomic mass is 16.3. The van der Waals surface area contributed by atoms with Gasteiger partial charge in [-0.15, -0.1) is 5.10 Å². The molecular formula is C21H27N3O2. The first-order chi connectivity index (χ1) is 12.5. The number of benzene rings is 1. The summed E-state index contributed by atoms with van der Waals surface area (Å²) in [6.07, 6.45) is 4.49. The zero-order valence-electron chi connectivity index (χ0n) is 15.6. The number of hydrogen-bond donors (Lipinski definition) is 2. The molecule has 26 heavy (non-hydrogen) atoms. The predicted molar refractivity (Wildman–Crippen MR) is 101 cm³/mol. The van der Waals surface area contributed by atoms with Gasteiger partial charge in [-0.1, -0.05) is 6.07 Å². The summed E-state index contributed by atoms with van der Waals surface area (Å²) in [5.74, 6) is 0.460. The van der Waals surface area contributed by atoms with Crippen LogP contribution in [0.2, 0.25) is 0 Å². The summed E-state index contributed by atoms with van der Waals surface area (Å²) in [5, 5.41) is 30.3. The number of aryl methyl sites for hydroxylation is 1. The third-order valence-electron chi connectivity index (χ3n) is 5.87. The predicted octanol–water partition coefficient (Wildman–Crippen LogP) is 3.02. The van der Waals surface area contributed by atoms with Gasteiger partial charge in [0, 0.05) is 18.0 Å². The molecule has 2 aliphatic rings. The number of aliphatic hydroxyl groups excluding tert-OH is 1. The van der Waals surface area contributed by atoms with Crippen molar-refractivity contribution >= 4 is 0 Å². The average molecular weight is 353 g/mol. The van der Waals surface area contributed by atoms with E-state index in [1.54, 1.807) is 6.07 Å². The van der Waals surface area contributed by atoms with Crippen molar-refractivity contribution in [2.75, 3.05) is 20.1 Å². The topological polar surface area (TPSA) is 69.5 Å². The molecule has 1 saturated heterocycles. The molecule has 1 aliphatic heterocycles. The van der Waals surface area contributed by atoms with E-state index in [9.17, 15) is 10.2 Å². The molecule has 0 unspecified atom stereocenters. The summed E-state index contributed by atoms with van der Waals surface area (Å²) in [5.41, 5.74) is 5.58. The first kappa shape index (κ1) is 17.4. The summed E-state index contributed by atoms with van der Waals surface area (Å²) >= 11 is 0. The number of piperidine rings is 1. The van der Waals surface area contributed by atoms with Crippen LogP contribution in [0.3, 0.4) is 0 Å². The van der Waals surface area contributed by atoms with Gasteiger partial charge in [-0.3, -0.25) is 0 Å². The third kappa shape index (κ3) is 3.10. The molecular weight excluding hydrogens is 326 g/mol. The molecule has 2 heterocycles. The highest BCUT2D eigenvalue weighted by Gasteiger charge is 2.32. The van der Waals surface area contributed by atoms with E-state index in [1.165, 1.54) is 0 Å². The Hall–Kier alpha value is -1.98. The number of phenolic OH excluding ortho intramolecular Hbond substituents is 1. The van der Waals surface area contributed by atoms with Crippen LogP contribution in [-0.2, 0) is 12.8 Å². The van der Waals surface area contributed by atoms with Crippen molar-refractivity contribution in [2.45, 2.75) is 45.1 Å². The standard InChI is InChI=1S/C21H27N3O2/c1-13-8-9-17(18(25)11-13)19-15-6-3-7-16(15)20(23-22-19)21(26)14-5-4-10-24(2)12-14/h8-9,11,14,21,25-26H,3-7,10,12H2,1-2H3/t14-,21-/m0/s1. The third-order valence-corrected chi connectivity index (χ3v) is 5.87. The lowest BCUT2D eigenvalue weighted by atomic mass is 9.88.